The van der Waals surface area contributed by atoms with Gasteiger partial charge in [-0.1, -0.05) is 6.07 Å². The highest BCUT2D eigenvalue weighted by molar-refractivity contribution is 7.90. The van der Waals surface area contributed by atoms with Crippen molar-refractivity contribution < 1.29 is 13.5 Å². The van der Waals surface area contributed by atoms with Gasteiger partial charge in [-0.25, -0.2) is 8.42 Å². The molecule has 1 aromatic heterocycles. The summed E-state index contributed by atoms with van der Waals surface area (Å²) in [5.74, 6) is 0.152. The number of nitrogen functional groups attached to an aromatic ring is 1. The molecule has 7 heteroatoms. The second-order valence-corrected chi connectivity index (χ2v) is 5.97. The number of rotatable bonds is 2. The standard InChI is InChI=1S/C11H13N3O3S/c1-14-11(12)7(6-13-14)10-8(15)4-3-5-9(10)18(2,16)17/h3-6,15H,12H2,1-2H3. The smallest absolute Gasteiger partial charge is 0.176 e. The molecular formula is C11H13N3O3S. The topological polar surface area (TPSA) is 98.2 Å². The van der Waals surface area contributed by atoms with Crippen LogP contribution in [0.3, 0.4) is 0 Å². The fraction of sp³-hybridized carbons (Fsp3) is 0.182. The molecule has 0 radical (unpaired) electrons. The molecule has 1 heterocycles. The summed E-state index contributed by atoms with van der Waals surface area (Å²) in [6.07, 6.45) is 2.51. The SMILES string of the molecule is Cn1ncc(-c2c(O)cccc2S(C)(=O)=O)c1N. The summed E-state index contributed by atoms with van der Waals surface area (Å²) in [4.78, 5) is 0.0298. The van der Waals surface area contributed by atoms with E-state index in [9.17, 15) is 13.5 Å². The van der Waals surface area contributed by atoms with Crippen LogP contribution in [0, 0.1) is 0 Å². The Morgan fingerprint density at radius 1 is 1.39 bits per heavy atom. The third kappa shape index (κ3) is 1.92. The van der Waals surface area contributed by atoms with Gasteiger partial charge in [0.1, 0.15) is 11.6 Å². The van der Waals surface area contributed by atoms with Crippen LogP contribution in [-0.4, -0.2) is 29.6 Å². The van der Waals surface area contributed by atoms with E-state index in [2.05, 4.69) is 5.10 Å². The number of aryl methyl sites for hydroxylation is 1. The maximum Gasteiger partial charge on any atom is 0.176 e. The van der Waals surface area contributed by atoms with Gasteiger partial charge in [0.25, 0.3) is 0 Å². The Morgan fingerprint density at radius 2 is 2.06 bits per heavy atom. The molecular weight excluding hydrogens is 254 g/mol. The lowest BCUT2D eigenvalue weighted by atomic mass is 10.1. The Labute approximate surface area is 105 Å². The molecule has 2 aromatic rings. The lowest BCUT2D eigenvalue weighted by molar-refractivity contribution is 0.475. The van der Waals surface area contributed by atoms with Gasteiger partial charge < -0.3 is 10.8 Å². The zero-order valence-electron chi connectivity index (χ0n) is 9.95. The number of sulfone groups is 1. The average molecular weight is 267 g/mol. The summed E-state index contributed by atoms with van der Waals surface area (Å²) in [5, 5.41) is 13.8. The highest BCUT2D eigenvalue weighted by Crippen LogP contribution is 2.37. The number of phenols is 1. The van der Waals surface area contributed by atoms with E-state index in [1.807, 2.05) is 0 Å². The van der Waals surface area contributed by atoms with Crippen LogP contribution in [-0.2, 0) is 16.9 Å². The minimum Gasteiger partial charge on any atom is -0.507 e. The molecule has 0 saturated heterocycles. The normalized spacial score (nSPS) is 11.7. The Morgan fingerprint density at radius 3 is 2.56 bits per heavy atom. The van der Waals surface area contributed by atoms with Crippen molar-refractivity contribution in [3.05, 3.63) is 24.4 Å². The van der Waals surface area contributed by atoms with Gasteiger partial charge in [0.2, 0.25) is 0 Å². The van der Waals surface area contributed by atoms with Crippen LogP contribution in [0.5, 0.6) is 5.75 Å². The van der Waals surface area contributed by atoms with Crippen molar-refractivity contribution in [2.75, 3.05) is 12.0 Å². The Hall–Kier alpha value is -2.02. The number of phenolic OH excluding ortho intramolecular Hbond substituents is 1. The molecule has 0 aliphatic rings. The number of aromatic nitrogens is 2. The van der Waals surface area contributed by atoms with Crippen LogP contribution in [0.2, 0.25) is 0 Å². The van der Waals surface area contributed by atoms with Gasteiger partial charge in [0.05, 0.1) is 11.1 Å². The molecule has 3 N–H and O–H groups in total. The van der Waals surface area contributed by atoms with E-state index < -0.39 is 9.84 Å². The Kier molecular flexibility index (Phi) is 2.78. The third-order valence-electron chi connectivity index (χ3n) is 2.66. The fourth-order valence-corrected chi connectivity index (χ4v) is 2.65. The quantitative estimate of drug-likeness (QED) is 0.837. The lowest BCUT2D eigenvalue weighted by Gasteiger charge is -2.09. The Bertz CT molecular complexity index is 704. The van der Waals surface area contributed by atoms with Gasteiger partial charge in [0.15, 0.2) is 9.84 Å². The molecule has 0 aliphatic carbocycles. The van der Waals surface area contributed by atoms with Gasteiger partial charge in [-0.3, -0.25) is 4.68 Å². The monoisotopic (exact) mass is 267 g/mol. The molecule has 1 aromatic carbocycles. The van der Waals surface area contributed by atoms with Crippen molar-refractivity contribution in [2.45, 2.75) is 4.90 Å². The van der Waals surface area contributed by atoms with E-state index in [1.54, 1.807) is 7.05 Å². The van der Waals surface area contributed by atoms with Crippen molar-refractivity contribution in [1.29, 1.82) is 0 Å². The zero-order chi connectivity index (χ0) is 13.5. The van der Waals surface area contributed by atoms with Crippen LogP contribution in [0.15, 0.2) is 29.3 Å². The summed E-state index contributed by atoms with van der Waals surface area (Å²) in [7, 11) is -1.83. The van der Waals surface area contributed by atoms with Crippen molar-refractivity contribution >= 4 is 15.7 Å². The van der Waals surface area contributed by atoms with Gasteiger partial charge in [-0.2, -0.15) is 5.10 Å². The van der Waals surface area contributed by atoms with E-state index in [0.29, 0.717) is 11.4 Å². The average Bonchev–Trinajstić information content (AvgIpc) is 2.59. The molecule has 96 valence electrons. The molecule has 0 unspecified atom stereocenters. The number of hydrogen-bond acceptors (Lipinski definition) is 5. The molecule has 0 spiro atoms. The van der Waals surface area contributed by atoms with Gasteiger partial charge >= 0.3 is 0 Å². The van der Waals surface area contributed by atoms with Crippen LogP contribution < -0.4 is 5.73 Å². The van der Waals surface area contributed by atoms with Crippen LogP contribution >= 0.6 is 0 Å². The molecule has 0 fully saturated rings. The molecule has 6 nitrogen and oxygen atoms in total. The first kappa shape index (κ1) is 12.4. The van der Waals surface area contributed by atoms with E-state index >= 15 is 0 Å². The van der Waals surface area contributed by atoms with E-state index in [-0.39, 0.29) is 16.2 Å². The van der Waals surface area contributed by atoms with Crippen molar-refractivity contribution in [1.82, 2.24) is 9.78 Å². The third-order valence-corrected chi connectivity index (χ3v) is 3.80. The summed E-state index contributed by atoms with van der Waals surface area (Å²) in [5.41, 5.74) is 6.40. The van der Waals surface area contributed by atoms with E-state index in [1.165, 1.54) is 29.1 Å². The highest BCUT2D eigenvalue weighted by Gasteiger charge is 2.21. The number of nitrogens with two attached hydrogens (primary N) is 1. The second-order valence-electron chi connectivity index (χ2n) is 3.99. The molecule has 0 saturated carbocycles. The maximum atomic E-state index is 11.7. The van der Waals surface area contributed by atoms with Gasteiger partial charge in [-0.05, 0) is 12.1 Å². The first-order valence-corrected chi connectivity index (χ1v) is 7.01. The van der Waals surface area contributed by atoms with Crippen molar-refractivity contribution in [3.63, 3.8) is 0 Å². The predicted octanol–water partition coefficient (Wildman–Crippen LogP) is 0.778. The number of nitrogens with zero attached hydrogens (tertiary/aromatic N) is 2. The molecule has 18 heavy (non-hydrogen) atoms. The van der Waals surface area contributed by atoms with Crippen molar-refractivity contribution in [3.8, 4) is 16.9 Å². The summed E-state index contributed by atoms with van der Waals surface area (Å²) in [6.45, 7) is 0. The summed E-state index contributed by atoms with van der Waals surface area (Å²) in [6, 6.07) is 4.31. The maximum absolute atomic E-state index is 11.7. The van der Waals surface area contributed by atoms with Gasteiger partial charge in [-0.15, -0.1) is 0 Å². The van der Waals surface area contributed by atoms with Crippen LogP contribution in [0.1, 0.15) is 0 Å². The highest BCUT2D eigenvalue weighted by atomic mass is 32.2. The van der Waals surface area contributed by atoms with E-state index in [0.717, 1.165) is 6.26 Å². The molecule has 0 bridgehead atoms. The second kappa shape index (κ2) is 4.02. The number of benzene rings is 1. The first-order valence-electron chi connectivity index (χ1n) is 5.12. The minimum atomic E-state index is -3.46. The fourth-order valence-electron chi connectivity index (χ4n) is 1.74. The molecule has 0 aliphatic heterocycles. The summed E-state index contributed by atoms with van der Waals surface area (Å²) >= 11 is 0. The lowest BCUT2D eigenvalue weighted by Crippen LogP contribution is -2.02. The van der Waals surface area contributed by atoms with Gasteiger partial charge in [0, 0.05) is 24.4 Å². The first-order chi connectivity index (χ1) is 8.32. The molecule has 0 atom stereocenters. The molecule has 2 rings (SSSR count). The van der Waals surface area contributed by atoms with Crippen molar-refractivity contribution in [2.24, 2.45) is 7.05 Å². The predicted molar refractivity (Wildman–Crippen MR) is 67.8 cm³/mol. The van der Waals surface area contributed by atoms with Crippen LogP contribution in [0.25, 0.3) is 11.1 Å². The number of anilines is 1. The number of aromatic hydroxyl groups is 1. The largest absolute Gasteiger partial charge is 0.507 e. The zero-order valence-corrected chi connectivity index (χ0v) is 10.8. The number of hydrogen-bond donors (Lipinski definition) is 2. The molecule has 0 amide bonds. The minimum absolute atomic E-state index is 0.0298. The summed E-state index contributed by atoms with van der Waals surface area (Å²) < 4.78 is 24.8. The Balaban J connectivity index is 2.83. The van der Waals surface area contributed by atoms with E-state index in [4.69, 9.17) is 5.73 Å². The van der Waals surface area contributed by atoms with Crippen LogP contribution in [0.4, 0.5) is 5.82 Å².